The lowest BCUT2D eigenvalue weighted by Gasteiger charge is -2.18. The van der Waals surface area contributed by atoms with Gasteiger partial charge in [-0.15, -0.1) is 6.58 Å². The average molecular weight is 904 g/mol. The van der Waals surface area contributed by atoms with Gasteiger partial charge in [0, 0.05) is 19.3 Å². The number of ether oxygens (including phenoxy) is 3. The highest BCUT2D eigenvalue weighted by atomic mass is 16.6. The summed E-state index contributed by atoms with van der Waals surface area (Å²) in [4.78, 5) is 38.1. The van der Waals surface area contributed by atoms with Crippen LogP contribution < -0.4 is 0 Å². The standard InChI is InChI=1S/C58H110O6/c1-4-7-10-13-16-19-22-25-28-31-33-36-39-42-45-48-51-57(60)63-54-55(64-58(61)52-49-46-43-40-37-34-30-27-24-21-18-15-12-9-6-3)53-62-56(59)50-47-44-41-38-35-32-29-26-23-20-17-14-11-8-5-2/h4,55H,1,5-54H2,2-3H3. The molecule has 0 bridgehead atoms. The molecular formula is C58H110O6. The molecule has 0 aliphatic carbocycles. The summed E-state index contributed by atoms with van der Waals surface area (Å²) >= 11 is 0. The lowest BCUT2D eigenvalue weighted by Crippen LogP contribution is -2.30. The Kier molecular flexibility index (Phi) is 52.2. The van der Waals surface area contributed by atoms with E-state index in [1.165, 1.54) is 225 Å². The molecule has 0 fully saturated rings. The van der Waals surface area contributed by atoms with Crippen LogP contribution in [0.5, 0.6) is 0 Å². The second kappa shape index (κ2) is 53.8. The number of carbonyl (C=O) groups is 3. The van der Waals surface area contributed by atoms with Crippen molar-refractivity contribution in [2.75, 3.05) is 13.2 Å². The van der Waals surface area contributed by atoms with Gasteiger partial charge in [0.2, 0.25) is 0 Å². The van der Waals surface area contributed by atoms with Gasteiger partial charge in [0.15, 0.2) is 6.10 Å². The number of rotatable bonds is 54. The number of allylic oxidation sites excluding steroid dienone is 1. The Labute approximate surface area is 399 Å². The van der Waals surface area contributed by atoms with Crippen molar-refractivity contribution in [1.82, 2.24) is 0 Å². The third-order valence-electron chi connectivity index (χ3n) is 13.2. The first-order valence-electron chi connectivity index (χ1n) is 28.6. The van der Waals surface area contributed by atoms with Gasteiger partial charge in [0.25, 0.3) is 0 Å². The second-order valence-electron chi connectivity index (χ2n) is 19.7. The van der Waals surface area contributed by atoms with Crippen LogP contribution in [0, 0.1) is 0 Å². The van der Waals surface area contributed by atoms with E-state index in [9.17, 15) is 14.4 Å². The molecule has 0 N–H and O–H groups in total. The van der Waals surface area contributed by atoms with Crippen molar-refractivity contribution in [1.29, 1.82) is 0 Å². The average Bonchev–Trinajstić information content (AvgIpc) is 3.29. The fraction of sp³-hybridized carbons (Fsp3) is 0.914. The van der Waals surface area contributed by atoms with Crippen LogP contribution in [0.3, 0.4) is 0 Å². The van der Waals surface area contributed by atoms with Gasteiger partial charge in [0.1, 0.15) is 13.2 Å². The van der Waals surface area contributed by atoms with E-state index in [4.69, 9.17) is 14.2 Å². The van der Waals surface area contributed by atoms with Gasteiger partial charge in [-0.3, -0.25) is 14.4 Å². The van der Waals surface area contributed by atoms with Crippen LogP contribution >= 0.6 is 0 Å². The van der Waals surface area contributed by atoms with Gasteiger partial charge in [-0.2, -0.15) is 0 Å². The third kappa shape index (κ3) is 51.1. The van der Waals surface area contributed by atoms with Crippen LogP contribution in [-0.4, -0.2) is 37.2 Å². The normalized spacial score (nSPS) is 11.8. The molecule has 0 aromatic carbocycles. The SMILES string of the molecule is C=CCCCCCCCCCCCCCCCCC(=O)OCC(COC(=O)CCCCCCCCCCCCCCCCC)OC(=O)CCCCCCCCCCCCCCCCC. The van der Waals surface area contributed by atoms with Crippen LogP contribution in [0.25, 0.3) is 0 Å². The van der Waals surface area contributed by atoms with Gasteiger partial charge in [0.05, 0.1) is 0 Å². The van der Waals surface area contributed by atoms with Crippen molar-refractivity contribution >= 4 is 17.9 Å². The molecule has 0 amide bonds. The quantitative estimate of drug-likeness (QED) is 0.0262. The van der Waals surface area contributed by atoms with E-state index < -0.39 is 6.10 Å². The molecule has 378 valence electrons. The Hall–Kier alpha value is -1.85. The Bertz CT molecular complexity index is 980. The first-order valence-corrected chi connectivity index (χ1v) is 28.6. The maximum absolute atomic E-state index is 12.8. The van der Waals surface area contributed by atoms with Crippen molar-refractivity contribution < 1.29 is 28.6 Å². The number of unbranched alkanes of at least 4 members (excludes halogenated alkanes) is 42. The Morgan fingerprint density at radius 1 is 0.328 bits per heavy atom. The third-order valence-corrected chi connectivity index (χ3v) is 13.2. The van der Waals surface area contributed by atoms with Crippen molar-refractivity contribution in [3.63, 3.8) is 0 Å². The zero-order valence-electron chi connectivity index (χ0n) is 43.2. The van der Waals surface area contributed by atoms with Gasteiger partial charge in [-0.25, -0.2) is 0 Å². The van der Waals surface area contributed by atoms with Gasteiger partial charge in [-0.05, 0) is 32.1 Å². The fourth-order valence-corrected chi connectivity index (χ4v) is 8.84. The molecule has 0 heterocycles. The second-order valence-corrected chi connectivity index (χ2v) is 19.7. The zero-order valence-corrected chi connectivity index (χ0v) is 43.2. The molecule has 6 heteroatoms. The predicted molar refractivity (Wildman–Crippen MR) is 275 cm³/mol. The summed E-state index contributed by atoms with van der Waals surface area (Å²) < 4.78 is 16.9. The topological polar surface area (TPSA) is 78.9 Å². The van der Waals surface area contributed by atoms with Gasteiger partial charge in [-0.1, -0.05) is 277 Å². The molecule has 0 rings (SSSR count). The number of hydrogen-bond donors (Lipinski definition) is 0. The summed E-state index contributed by atoms with van der Waals surface area (Å²) in [5.41, 5.74) is 0. The maximum Gasteiger partial charge on any atom is 0.306 e. The molecular weight excluding hydrogens is 793 g/mol. The number of carbonyl (C=O) groups excluding carboxylic acids is 3. The van der Waals surface area contributed by atoms with Crippen LogP contribution in [0.2, 0.25) is 0 Å². The minimum Gasteiger partial charge on any atom is -0.462 e. The van der Waals surface area contributed by atoms with Crippen molar-refractivity contribution in [3.8, 4) is 0 Å². The fourth-order valence-electron chi connectivity index (χ4n) is 8.84. The highest BCUT2D eigenvalue weighted by Crippen LogP contribution is 2.18. The van der Waals surface area contributed by atoms with E-state index in [1.54, 1.807) is 0 Å². The summed E-state index contributed by atoms with van der Waals surface area (Å²) in [5.74, 6) is -0.840. The summed E-state index contributed by atoms with van der Waals surface area (Å²) in [5, 5.41) is 0. The minimum absolute atomic E-state index is 0.0639. The van der Waals surface area contributed by atoms with Crippen LogP contribution in [-0.2, 0) is 28.6 Å². The van der Waals surface area contributed by atoms with Crippen LogP contribution in [0.1, 0.15) is 322 Å². The summed E-state index contributed by atoms with van der Waals surface area (Å²) in [6.07, 6.45) is 59.4. The zero-order chi connectivity index (χ0) is 46.5. The Balaban J connectivity index is 4.29. The first kappa shape index (κ1) is 62.1. The van der Waals surface area contributed by atoms with Crippen molar-refractivity contribution in [2.45, 2.75) is 328 Å². The Morgan fingerprint density at radius 2 is 0.547 bits per heavy atom. The molecule has 0 radical (unpaired) electrons. The van der Waals surface area contributed by atoms with Crippen LogP contribution in [0.4, 0.5) is 0 Å². The largest absolute Gasteiger partial charge is 0.462 e. The molecule has 0 aliphatic rings. The molecule has 0 aliphatic heterocycles. The smallest absolute Gasteiger partial charge is 0.306 e. The van der Waals surface area contributed by atoms with Gasteiger partial charge < -0.3 is 14.2 Å². The lowest BCUT2D eigenvalue weighted by atomic mass is 10.0. The van der Waals surface area contributed by atoms with E-state index in [0.717, 1.165) is 64.2 Å². The molecule has 64 heavy (non-hydrogen) atoms. The number of hydrogen-bond acceptors (Lipinski definition) is 6. The molecule has 0 saturated carbocycles. The van der Waals surface area contributed by atoms with Crippen molar-refractivity contribution in [3.05, 3.63) is 12.7 Å². The van der Waals surface area contributed by atoms with Gasteiger partial charge >= 0.3 is 17.9 Å². The summed E-state index contributed by atoms with van der Waals surface area (Å²) in [7, 11) is 0. The highest BCUT2D eigenvalue weighted by molar-refractivity contribution is 5.71. The summed E-state index contributed by atoms with van der Waals surface area (Å²) in [6.45, 7) is 8.22. The molecule has 0 aromatic rings. The van der Waals surface area contributed by atoms with Crippen molar-refractivity contribution in [2.24, 2.45) is 0 Å². The van der Waals surface area contributed by atoms with E-state index in [-0.39, 0.29) is 31.1 Å². The Morgan fingerprint density at radius 3 is 0.797 bits per heavy atom. The molecule has 0 saturated heterocycles. The molecule has 1 atom stereocenters. The molecule has 0 aromatic heterocycles. The van der Waals surface area contributed by atoms with E-state index in [2.05, 4.69) is 20.4 Å². The molecule has 0 spiro atoms. The lowest BCUT2D eigenvalue weighted by molar-refractivity contribution is -0.167. The summed E-state index contributed by atoms with van der Waals surface area (Å²) in [6, 6.07) is 0. The minimum atomic E-state index is -0.764. The maximum atomic E-state index is 12.8. The predicted octanol–water partition coefficient (Wildman–Crippen LogP) is 18.9. The van der Waals surface area contributed by atoms with E-state index in [1.807, 2.05) is 6.08 Å². The van der Waals surface area contributed by atoms with E-state index in [0.29, 0.717) is 19.3 Å². The molecule has 1 unspecified atom stereocenters. The molecule has 6 nitrogen and oxygen atoms in total. The first-order chi connectivity index (χ1) is 31.5. The van der Waals surface area contributed by atoms with E-state index >= 15 is 0 Å². The number of esters is 3. The highest BCUT2D eigenvalue weighted by Gasteiger charge is 2.19. The van der Waals surface area contributed by atoms with Crippen LogP contribution in [0.15, 0.2) is 12.7 Å². The monoisotopic (exact) mass is 903 g/mol.